The second-order valence-electron chi connectivity index (χ2n) is 13.0. The lowest BCUT2D eigenvalue weighted by molar-refractivity contribution is -0.136. The summed E-state index contributed by atoms with van der Waals surface area (Å²) in [6, 6.07) is -0.167. The maximum absolute atomic E-state index is 10.5. The van der Waals surface area contributed by atoms with Crippen LogP contribution < -0.4 is 5.73 Å². The first-order valence-corrected chi connectivity index (χ1v) is 18.7. The van der Waals surface area contributed by atoms with Crippen LogP contribution in [0.1, 0.15) is 194 Å². The molecule has 0 aliphatic carbocycles. The molecule has 0 spiro atoms. The normalized spacial score (nSPS) is 12.2. The number of carboxylic acid groups (broad SMARTS) is 1. The Hall–Kier alpha value is -0.690. The van der Waals surface area contributed by atoms with Crippen molar-refractivity contribution in [2.24, 2.45) is 11.1 Å². The van der Waals surface area contributed by atoms with Crippen LogP contribution in [0, 0.1) is 5.41 Å². The highest BCUT2D eigenvalue weighted by Crippen LogP contribution is 2.35. The second-order valence-corrected chi connectivity index (χ2v) is 13.0. The Morgan fingerprint density at radius 1 is 0.605 bits per heavy atom. The van der Waals surface area contributed by atoms with E-state index in [9.17, 15) is 9.90 Å². The van der Waals surface area contributed by atoms with Crippen LogP contribution in [-0.2, 0) is 9.53 Å². The second kappa shape index (κ2) is 35.8. The zero-order valence-electron chi connectivity index (χ0n) is 29.2. The van der Waals surface area contributed by atoms with Crippen molar-refractivity contribution in [2.75, 3.05) is 26.4 Å². The van der Waals surface area contributed by atoms with Gasteiger partial charge in [0.1, 0.15) is 0 Å². The predicted octanol–water partition coefficient (Wildman–Crippen LogP) is 9.96. The van der Waals surface area contributed by atoms with Gasteiger partial charge < -0.3 is 25.8 Å². The molecule has 0 aliphatic rings. The SMILES string of the molecule is CCC(=O)O.CCCCCCCCCCCCCCC(CO)(CCCCCCCCCCCCCC)C(N)COCCO. The van der Waals surface area contributed by atoms with Gasteiger partial charge in [0.15, 0.2) is 0 Å². The molecule has 0 radical (unpaired) electrons. The highest BCUT2D eigenvalue weighted by molar-refractivity contribution is 5.66. The van der Waals surface area contributed by atoms with Gasteiger partial charge in [-0.3, -0.25) is 4.79 Å². The van der Waals surface area contributed by atoms with E-state index in [1.807, 2.05) is 0 Å². The average Bonchev–Trinajstić information content (AvgIpc) is 3.01. The van der Waals surface area contributed by atoms with Crippen molar-refractivity contribution in [1.29, 1.82) is 0 Å². The minimum atomic E-state index is -0.745. The Bertz CT molecular complexity index is 517. The van der Waals surface area contributed by atoms with Gasteiger partial charge in [-0.05, 0) is 12.8 Å². The molecule has 0 aliphatic heterocycles. The predicted molar refractivity (Wildman–Crippen MR) is 185 cm³/mol. The summed E-state index contributed by atoms with van der Waals surface area (Å²) in [6.45, 7) is 7.08. The Labute approximate surface area is 268 Å². The molecule has 0 bridgehead atoms. The molecule has 0 aromatic carbocycles. The van der Waals surface area contributed by atoms with Crippen molar-refractivity contribution in [1.82, 2.24) is 0 Å². The summed E-state index contributed by atoms with van der Waals surface area (Å²) in [5.74, 6) is -0.745. The number of unbranched alkanes of at least 4 members (excludes halogenated alkanes) is 22. The molecular weight excluding hydrogens is 538 g/mol. The summed E-state index contributed by atoms with van der Waals surface area (Å²) in [4.78, 5) is 9.37. The zero-order valence-corrected chi connectivity index (χ0v) is 29.2. The van der Waals surface area contributed by atoms with Gasteiger partial charge in [0.05, 0.1) is 26.4 Å². The number of carbonyl (C=O) groups is 1. The van der Waals surface area contributed by atoms with Crippen molar-refractivity contribution in [2.45, 2.75) is 200 Å². The number of aliphatic carboxylic acids is 1. The van der Waals surface area contributed by atoms with Crippen LogP contribution in [0.15, 0.2) is 0 Å². The van der Waals surface area contributed by atoms with Gasteiger partial charge in [0.2, 0.25) is 0 Å². The van der Waals surface area contributed by atoms with E-state index in [1.54, 1.807) is 6.92 Å². The van der Waals surface area contributed by atoms with Crippen LogP contribution in [0.25, 0.3) is 0 Å². The Morgan fingerprint density at radius 2 is 0.907 bits per heavy atom. The van der Waals surface area contributed by atoms with Gasteiger partial charge in [0.25, 0.3) is 0 Å². The first kappa shape index (κ1) is 44.4. The van der Waals surface area contributed by atoms with Gasteiger partial charge in [0, 0.05) is 17.9 Å². The van der Waals surface area contributed by atoms with E-state index in [2.05, 4.69) is 13.8 Å². The molecule has 43 heavy (non-hydrogen) atoms. The molecule has 0 rings (SSSR count). The molecule has 5 N–H and O–H groups in total. The van der Waals surface area contributed by atoms with Crippen molar-refractivity contribution >= 4 is 5.97 Å². The van der Waals surface area contributed by atoms with Gasteiger partial charge in [-0.1, -0.05) is 175 Å². The smallest absolute Gasteiger partial charge is 0.303 e. The number of carboxylic acids is 1. The topological polar surface area (TPSA) is 113 Å². The van der Waals surface area contributed by atoms with Crippen LogP contribution in [0.5, 0.6) is 0 Å². The van der Waals surface area contributed by atoms with Crippen LogP contribution in [0.4, 0.5) is 0 Å². The molecule has 0 aromatic heterocycles. The quantitative estimate of drug-likeness (QED) is 0.0546. The first-order valence-electron chi connectivity index (χ1n) is 18.7. The molecule has 1 atom stereocenters. The molecule has 0 heterocycles. The third-order valence-electron chi connectivity index (χ3n) is 8.99. The van der Waals surface area contributed by atoms with Crippen LogP contribution in [-0.4, -0.2) is 53.8 Å². The van der Waals surface area contributed by atoms with E-state index in [4.69, 9.17) is 20.7 Å². The fraction of sp³-hybridized carbons (Fsp3) is 0.973. The summed E-state index contributed by atoms with van der Waals surface area (Å²) in [6.07, 6.45) is 34.5. The minimum absolute atomic E-state index is 0.0241. The third kappa shape index (κ3) is 31.1. The first-order chi connectivity index (χ1) is 20.9. The molecule has 0 saturated heterocycles. The fourth-order valence-corrected chi connectivity index (χ4v) is 5.86. The maximum Gasteiger partial charge on any atom is 0.303 e. The third-order valence-corrected chi connectivity index (χ3v) is 8.99. The summed E-state index contributed by atoms with van der Waals surface area (Å²) in [5.41, 5.74) is 6.37. The zero-order chi connectivity index (χ0) is 32.3. The lowest BCUT2D eigenvalue weighted by atomic mass is 9.73. The van der Waals surface area contributed by atoms with Crippen molar-refractivity contribution < 1.29 is 24.9 Å². The molecule has 0 fully saturated rings. The van der Waals surface area contributed by atoms with E-state index >= 15 is 0 Å². The molecule has 0 amide bonds. The standard InChI is InChI=1S/C34H71NO3.C3H6O2/c1-3-5-7-9-11-13-15-17-19-21-23-25-27-34(32-37,33(35)31-38-30-29-36)28-26-24-22-20-18-16-14-12-10-8-6-4-2;1-2-3(4)5/h33,36-37H,3-32,35H2,1-2H3;2H2,1H3,(H,4,5). The van der Waals surface area contributed by atoms with E-state index in [0.29, 0.717) is 13.2 Å². The van der Waals surface area contributed by atoms with Crippen LogP contribution in [0.3, 0.4) is 0 Å². The number of aliphatic hydroxyl groups is 2. The van der Waals surface area contributed by atoms with E-state index in [0.717, 1.165) is 25.7 Å². The van der Waals surface area contributed by atoms with Crippen molar-refractivity contribution in [3.8, 4) is 0 Å². The minimum Gasteiger partial charge on any atom is -0.481 e. The van der Waals surface area contributed by atoms with E-state index in [-0.39, 0.29) is 31.1 Å². The number of rotatable bonds is 33. The van der Waals surface area contributed by atoms with E-state index in [1.165, 1.54) is 141 Å². The average molecular weight is 616 g/mol. The monoisotopic (exact) mass is 616 g/mol. The maximum atomic E-state index is 10.5. The summed E-state index contributed by atoms with van der Waals surface area (Å²) >= 11 is 0. The molecular formula is C37H77NO5. The van der Waals surface area contributed by atoms with Crippen LogP contribution in [0.2, 0.25) is 0 Å². The molecule has 6 nitrogen and oxygen atoms in total. The highest BCUT2D eigenvalue weighted by Gasteiger charge is 2.35. The number of ether oxygens (including phenoxy) is 1. The summed E-state index contributed by atoms with van der Waals surface area (Å²) < 4.78 is 5.59. The van der Waals surface area contributed by atoms with Crippen LogP contribution >= 0.6 is 0 Å². The largest absolute Gasteiger partial charge is 0.481 e. The molecule has 6 heteroatoms. The number of hydrogen-bond donors (Lipinski definition) is 4. The lowest BCUT2D eigenvalue weighted by Gasteiger charge is -2.38. The van der Waals surface area contributed by atoms with Crippen molar-refractivity contribution in [3.05, 3.63) is 0 Å². The highest BCUT2D eigenvalue weighted by atomic mass is 16.5. The van der Waals surface area contributed by atoms with Gasteiger partial charge in [-0.25, -0.2) is 0 Å². The lowest BCUT2D eigenvalue weighted by Crippen LogP contribution is -2.47. The Balaban J connectivity index is 0. The Kier molecular flexibility index (Phi) is 37.0. The summed E-state index contributed by atoms with van der Waals surface area (Å²) in [5, 5.41) is 27.3. The van der Waals surface area contributed by atoms with Crippen molar-refractivity contribution in [3.63, 3.8) is 0 Å². The van der Waals surface area contributed by atoms with Gasteiger partial charge in [-0.2, -0.15) is 0 Å². The number of nitrogens with two attached hydrogens (primary N) is 1. The Morgan fingerprint density at radius 3 is 1.16 bits per heavy atom. The molecule has 1 unspecified atom stereocenters. The van der Waals surface area contributed by atoms with Gasteiger partial charge >= 0.3 is 5.97 Å². The molecule has 260 valence electrons. The number of hydrogen-bond acceptors (Lipinski definition) is 5. The van der Waals surface area contributed by atoms with E-state index < -0.39 is 5.97 Å². The van der Waals surface area contributed by atoms with Gasteiger partial charge in [-0.15, -0.1) is 0 Å². The molecule has 0 saturated carbocycles. The molecule has 0 aromatic rings. The fourth-order valence-electron chi connectivity index (χ4n) is 5.86. The number of aliphatic hydroxyl groups excluding tert-OH is 2. The summed E-state index contributed by atoms with van der Waals surface area (Å²) in [7, 11) is 0.